The van der Waals surface area contributed by atoms with Gasteiger partial charge in [0.15, 0.2) is 0 Å². The zero-order valence-corrected chi connectivity index (χ0v) is 18.4. The summed E-state index contributed by atoms with van der Waals surface area (Å²) in [5, 5.41) is 0. The van der Waals surface area contributed by atoms with E-state index in [1.165, 1.54) is 12.1 Å². The smallest absolute Gasteiger partial charge is 0.253 e. The van der Waals surface area contributed by atoms with Crippen LogP contribution in [0, 0.1) is 11.2 Å². The first-order valence-corrected chi connectivity index (χ1v) is 10.8. The van der Waals surface area contributed by atoms with Gasteiger partial charge in [-0.2, -0.15) is 0 Å². The third-order valence-corrected chi connectivity index (χ3v) is 6.17. The summed E-state index contributed by atoms with van der Waals surface area (Å²) in [6, 6.07) is 23.6. The quantitative estimate of drug-likeness (QED) is 0.591. The Bertz CT molecular complexity index is 1110. The molecule has 2 amide bonds. The van der Waals surface area contributed by atoms with Crippen molar-refractivity contribution in [3.05, 3.63) is 95.8 Å². The van der Waals surface area contributed by atoms with Crippen molar-refractivity contribution in [3.63, 3.8) is 0 Å². The molecule has 1 aliphatic heterocycles. The monoisotopic (exact) mass is 430 g/mol. The Hall–Kier alpha value is -3.47. The number of hydrogen-bond donors (Lipinski definition) is 0. The molecule has 1 aliphatic rings. The predicted molar refractivity (Wildman–Crippen MR) is 124 cm³/mol. The lowest BCUT2D eigenvalue weighted by Gasteiger charge is -2.31. The second kappa shape index (κ2) is 8.95. The molecule has 0 spiro atoms. The Balaban J connectivity index is 1.61. The highest BCUT2D eigenvalue weighted by Crippen LogP contribution is 2.37. The molecule has 1 saturated heterocycles. The van der Waals surface area contributed by atoms with Crippen LogP contribution in [-0.2, 0) is 11.2 Å². The summed E-state index contributed by atoms with van der Waals surface area (Å²) in [7, 11) is 3.53. The Kier molecular flexibility index (Phi) is 6.08. The fourth-order valence-electron chi connectivity index (χ4n) is 4.57. The first-order valence-electron chi connectivity index (χ1n) is 10.8. The van der Waals surface area contributed by atoms with Crippen molar-refractivity contribution in [1.29, 1.82) is 0 Å². The minimum Gasteiger partial charge on any atom is -0.348 e. The molecule has 0 radical (unpaired) electrons. The minimum absolute atomic E-state index is 0.0352. The van der Waals surface area contributed by atoms with E-state index >= 15 is 0 Å². The molecule has 3 aromatic rings. The molecule has 1 heterocycles. The van der Waals surface area contributed by atoms with Gasteiger partial charge in [-0.05, 0) is 53.8 Å². The molecular formula is C27H27FN2O2. The van der Waals surface area contributed by atoms with Crippen LogP contribution in [0.4, 0.5) is 4.39 Å². The van der Waals surface area contributed by atoms with Crippen LogP contribution < -0.4 is 0 Å². The molecule has 4 nitrogen and oxygen atoms in total. The van der Waals surface area contributed by atoms with Gasteiger partial charge in [0.2, 0.25) is 5.91 Å². The summed E-state index contributed by atoms with van der Waals surface area (Å²) in [4.78, 5) is 29.7. The fourth-order valence-corrected chi connectivity index (χ4v) is 4.57. The predicted octanol–water partition coefficient (Wildman–Crippen LogP) is 4.66. The van der Waals surface area contributed by atoms with E-state index in [4.69, 9.17) is 0 Å². The first-order chi connectivity index (χ1) is 15.4. The highest BCUT2D eigenvalue weighted by molar-refractivity contribution is 5.95. The summed E-state index contributed by atoms with van der Waals surface area (Å²) in [6.45, 7) is 0.934. The van der Waals surface area contributed by atoms with E-state index in [2.05, 4.69) is 6.07 Å². The average molecular weight is 431 g/mol. The van der Waals surface area contributed by atoms with Crippen molar-refractivity contribution < 1.29 is 14.0 Å². The Morgan fingerprint density at radius 3 is 2.34 bits per heavy atom. The summed E-state index contributed by atoms with van der Waals surface area (Å²) < 4.78 is 13.3. The third kappa shape index (κ3) is 4.42. The van der Waals surface area contributed by atoms with Gasteiger partial charge in [0.25, 0.3) is 5.91 Å². The maximum Gasteiger partial charge on any atom is 0.253 e. The molecule has 0 N–H and O–H groups in total. The van der Waals surface area contributed by atoms with E-state index in [0.29, 0.717) is 31.5 Å². The van der Waals surface area contributed by atoms with Crippen molar-refractivity contribution >= 4 is 11.8 Å². The van der Waals surface area contributed by atoms with Gasteiger partial charge in [0, 0.05) is 32.7 Å². The summed E-state index contributed by atoms with van der Waals surface area (Å²) >= 11 is 0. The van der Waals surface area contributed by atoms with Crippen LogP contribution in [0.15, 0.2) is 78.9 Å². The van der Waals surface area contributed by atoms with Gasteiger partial charge < -0.3 is 9.80 Å². The second-order valence-corrected chi connectivity index (χ2v) is 8.71. The fraction of sp³-hybridized carbons (Fsp3) is 0.259. The number of carbonyl (C=O) groups is 2. The summed E-state index contributed by atoms with van der Waals surface area (Å²) in [6.07, 6.45) is 1.15. The minimum atomic E-state index is -0.671. The van der Waals surface area contributed by atoms with Crippen LogP contribution in [-0.4, -0.2) is 48.8 Å². The van der Waals surface area contributed by atoms with Gasteiger partial charge in [0.05, 0.1) is 5.41 Å². The van der Waals surface area contributed by atoms with Crippen molar-refractivity contribution in [2.45, 2.75) is 12.8 Å². The normalized spacial score (nSPS) is 17.9. The largest absolute Gasteiger partial charge is 0.348 e. The number of benzene rings is 3. The van der Waals surface area contributed by atoms with Gasteiger partial charge in [-0.3, -0.25) is 9.59 Å². The van der Waals surface area contributed by atoms with Crippen LogP contribution in [0.1, 0.15) is 22.3 Å². The Morgan fingerprint density at radius 1 is 0.938 bits per heavy atom. The number of rotatable bonds is 5. The van der Waals surface area contributed by atoms with Crippen LogP contribution in [0.25, 0.3) is 11.1 Å². The van der Waals surface area contributed by atoms with Gasteiger partial charge >= 0.3 is 0 Å². The molecule has 5 heteroatoms. The summed E-state index contributed by atoms with van der Waals surface area (Å²) in [5.74, 6) is -0.276. The first kappa shape index (κ1) is 21.8. The number of likely N-dealkylation sites (tertiary alicyclic amines) is 1. The Labute approximate surface area is 188 Å². The van der Waals surface area contributed by atoms with Crippen LogP contribution in [0.3, 0.4) is 0 Å². The Morgan fingerprint density at radius 2 is 1.66 bits per heavy atom. The van der Waals surface area contributed by atoms with Crippen LogP contribution >= 0.6 is 0 Å². The lowest BCUT2D eigenvalue weighted by atomic mass is 9.79. The lowest BCUT2D eigenvalue weighted by molar-refractivity contribution is -0.138. The highest BCUT2D eigenvalue weighted by atomic mass is 19.1. The van der Waals surface area contributed by atoms with Gasteiger partial charge in [0.1, 0.15) is 5.82 Å². The molecule has 0 saturated carbocycles. The van der Waals surface area contributed by atoms with Crippen molar-refractivity contribution in [1.82, 2.24) is 9.80 Å². The van der Waals surface area contributed by atoms with Crippen LogP contribution in [0.2, 0.25) is 0 Å². The lowest BCUT2D eigenvalue weighted by Crippen LogP contribution is -2.44. The van der Waals surface area contributed by atoms with E-state index in [1.807, 2.05) is 48.5 Å². The SMILES string of the molecule is CN(C)C(=O)[C@]1(Cc2cccc(-c3ccc(F)cc3)c2)CCN(C(=O)c2ccccc2)C1. The van der Waals surface area contributed by atoms with Gasteiger partial charge in [-0.15, -0.1) is 0 Å². The van der Waals surface area contributed by atoms with Crippen LogP contribution in [0.5, 0.6) is 0 Å². The van der Waals surface area contributed by atoms with E-state index < -0.39 is 5.41 Å². The zero-order valence-electron chi connectivity index (χ0n) is 18.4. The number of amides is 2. The number of halogens is 1. The van der Waals surface area contributed by atoms with Gasteiger partial charge in [-0.1, -0.05) is 54.6 Å². The van der Waals surface area contributed by atoms with E-state index in [0.717, 1.165) is 16.7 Å². The van der Waals surface area contributed by atoms with Crippen molar-refractivity contribution in [3.8, 4) is 11.1 Å². The zero-order chi connectivity index (χ0) is 22.7. The van der Waals surface area contributed by atoms with Crippen molar-refractivity contribution in [2.75, 3.05) is 27.2 Å². The third-order valence-electron chi connectivity index (χ3n) is 6.17. The molecule has 0 aromatic heterocycles. The number of carbonyl (C=O) groups excluding carboxylic acids is 2. The van der Waals surface area contributed by atoms with E-state index in [1.54, 1.807) is 36.0 Å². The molecule has 0 unspecified atom stereocenters. The molecule has 3 aromatic carbocycles. The molecule has 1 fully saturated rings. The topological polar surface area (TPSA) is 40.6 Å². The van der Waals surface area contributed by atoms with E-state index in [9.17, 15) is 14.0 Å². The standard InChI is InChI=1S/C27H27FN2O2/c1-29(2)26(32)27(15-16-30(19-27)25(31)22-8-4-3-5-9-22)18-20-7-6-10-23(17-20)21-11-13-24(28)14-12-21/h3-14,17H,15-16,18-19H2,1-2H3/t27-/m0/s1. The summed E-state index contributed by atoms with van der Waals surface area (Å²) in [5.41, 5.74) is 2.89. The molecule has 0 aliphatic carbocycles. The average Bonchev–Trinajstić information content (AvgIpc) is 3.24. The molecular weight excluding hydrogens is 403 g/mol. The maximum atomic E-state index is 13.3. The maximum absolute atomic E-state index is 13.3. The molecule has 4 rings (SSSR count). The van der Waals surface area contributed by atoms with Gasteiger partial charge in [-0.25, -0.2) is 4.39 Å². The molecule has 164 valence electrons. The van der Waals surface area contributed by atoms with E-state index in [-0.39, 0.29) is 17.6 Å². The molecule has 32 heavy (non-hydrogen) atoms. The highest BCUT2D eigenvalue weighted by Gasteiger charge is 2.46. The molecule has 0 bridgehead atoms. The van der Waals surface area contributed by atoms with Crippen molar-refractivity contribution in [2.24, 2.45) is 5.41 Å². The number of nitrogens with zero attached hydrogens (tertiary/aromatic N) is 2. The second-order valence-electron chi connectivity index (χ2n) is 8.71. The molecule has 1 atom stereocenters. The number of hydrogen-bond acceptors (Lipinski definition) is 2.